The number of hydrazine groups is 2. The number of fused-ring (bicyclic) bond motifs is 3. The van der Waals surface area contributed by atoms with Gasteiger partial charge < -0.3 is 4.74 Å². The monoisotopic (exact) mass is 437 g/mol. The first kappa shape index (κ1) is 20.3. The van der Waals surface area contributed by atoms with E-state index in [0.29, 0.717) is 18.2 Å². The van der Waals surface area contributed by atoms with Crippen LogP contribution >= 0.6 is 0 Å². The van der Waals surface area contributed by atoms with Gasteiger partial charge in [0.25, 0.3) is 0 Å². The number of halogens is 1. The van der Waals surface area contributed by atoms with Crippen molar-refractivity contribution in [1.82, 2.24) is 21.2 Å². The summed E-state index contributed by atoms with van der Waals surface area (Å²) in [4.78, 5) is 15.3. The van der Waals surface area contributed by atoms with Crippen LogP contribution in [0.4, 0.5) is 10.1 Å². The van der Waals surface area contributed by atoms with Crippen molar-refractivity contribution in [1.29, 1.82) is 0 Å². The largest absolute Gasteiger partial charge is 0.378 e. The summed E-state index contributed by atoms with van der Waals surface area (Å²) in [5.74, 6) is -0.535. The zero-order valence-electron chi connectivity index (χ0n) is 18.1. The summed E-state index contributed by atoms with van der Waals surface area (Å²) in [6, 6.07) is 11.9. The second kappa shape index (κ2) is 7.90. The fourth-order valence-corrected chi connectivity index (χ4v) is 5.58. The van der Waals surface area contributed by atoms with Crippen molar-refractivity contribution in [2.45, 2.75) is 50.5 Å². The molecule has 2 aromatic carbocycles. The first-order valence-corrected chi connectivity index (χ1v) is 11.4. The highest BCUT2D eigenvalue weighted by Crippen LogP contribution is 2.34. The fourth-order valence-electron chi connectivity index (χ4n) is 5.58. The normalized spacial score (nSPS) is 30.1. The third kappa shape index (κ3) is 3.34. The summed E-state index contributed by atoms with van der Waals surface area (Å²) in [5.41, 5.74) is 15.0. The molecule has 6 rings (SSSR count). The Balaban J connectivity index is 1.28. The van der Waals surface area contributed by atoms with E-state index in [1.165, 1.54) is 27.8 Å². The molecule has 4 aliphatic heterocycles. The predicted octanol–water partition coefficient (Wildman–Crippen LogP) is 1.72. The summed E-state index contributed by atoms with van der Waals surface area (Å²) in [5, 5.41) is 1.41. The number of rotatable bonds is 2. The van der Waals surface area contributed by atoms with E-state index in [2.05, 4.69) is 39.4 Å². The molecule has 0 aliphatic carbocycles. The van der Waals surface area contributed by atoms with Crippen LogP contribution in [0.15, 0.2) is 36.4 Å². The Morgan fingerprint density at radius 3 is 2.91 bits per heavy atom. The standard InChI is InChI=1S/C24H28FN5O2/c1-14-3-2-4-19(25)24(14)30-21(31)11-20-23(28-30)22(27-26-20)16-6-5-15-10-18-13-32-8-7-29(18)12-17(15)9-16/h2-6,9,18,20,22-23,26-28H,7-8,10-13H2,1H3/t18-,20?,22?,23?/m0/s1. The third-order valence-electron chi connectivity index (χ3n) is 7.32. The van der Waals surface area contributed by atoms with E-state index in [-0.39, 0.29) is 24.0 Å². The van der Waals surface area contributed by atoms with Gasteiger partial charge in [0.1, 0.15) is 5.82 Å². The minimum absolute atomic E-state index is 0.0320. The number of hydrogen-bond donors (Lipinski definition) is 3. The van der Waals surface area contributed by atoms with E-state index in [9.17, 15) is 9.18 Å². The highest BCUT2D eigenvalue weighted by Gasteiger charge is 2.44. The fraction of sp³-hybridized carbons (Fsp3) is 0.458. The van der Waals surface area contributed by atoms with Crippen molar-refractivity contribution in [2.75, 3.05) is 24.8 Å². The zero-order valence-corrected chi connectivity index (χ0v) is 18.1. The number of hydrogen-bond acceptors (Lipinski definition) is 6. The molecule has 8 heteroatoms. The van der Waals surface area contributed by atoms with Crippen LogP contribution in [-0.4, -0.2) is 48.7 Å². The topological polar surface area (TPSA) is 68.9 Å². The molecule has 168 valence electrons. The average molecular weight is 438 g/mol. The first-order valence-electron chi connectivity index (χ1n) is 11.4. The number of para-hydroxylation sites is 1. The van der Waals surface area contributed by atoms with Crippen LogP contribution in [0.25, 0.3) is 0 Å². The van der Waals surface area contributed by atoms with Crippen LogP contribution in [0.2, 0.25) is 0 Å². The molecule has 7 nitrogen and oxygen atoms in total. The summed E-state index contributed by atoms with van der Waals surface area (Å²) < 4.78 is 20.3. The molecule has 0 spiro atoms. The van der Waals surface area contributed by atoms with Crippen molar-refractivity contribution in [3.63, 3.8) is 0 Å². The van der Waals surface area contributed by atoms with Crippen molar-refractivity contribution >= 4 is 11.6 Å². The lowest BCUT2D eigenvalue weighted by molar-refractivity contribution is -0.121. The molecule has 0 bridgehead atoms. The van der Waals surface area contributed by atoms with Crippen LogP contribution in [0.1, 0.15) is 34.7 Å². The number of carbonyl (C=O) groups is 1. The van der Waals surface area contributed by atoms with Crippen molar-refractivity contribution in [3.8, 4) is 0 Å². The number of morpholine rings is 1. The molecule has 0 aromatic heterocycles. The molecule has 3 N–H and O–H groups in total. The number of benzene rings is 2. The van der Waals surface area contributed by atoms with Crippen LogP contribution in [-0.2, 0) is 22.5 Å². The Morgan fingerprint density at radius 1 is 1.12 bits per heavy atom. The van der Waals surface area contributed by atoms with Crippen LogP contribution < -0.4 is 21.3 Å². The molecule has 3 fully saturated rings. The number of carbonyl (C=O) groups excluding carboxylic acids is 1. The molecule has 32 heavy (non-hydrogen) atoms. The maximum absolute atomic E-state index is 14.6. The molecule has 3 unspecified atom stereocenters. The second-order valence-electron chi connectivity index (χ2n) is 9.30. The van der Waals surface area contributed by atoms with E-state index in [4.69, 9.17) is 4.74 Å². The van der Waals surface area contributed by atoms with Gasteiger partial charge in [-0.2, -0.15) is 0 Å². The van der Waals surface area contributed by atoms with E-state index in [1.54, 1.807) is 6.07 Å². The van der Waals surface area contributed by atoms with Crippen molar-refractivity contribution in [2.24, 2.45) is 0 Å². The maximum Gasteiger partial charge on any atom is 0.243 e. The number of nitrogens with zero attached hydrogens (tertiary/aromatic N) is 2. The number of ether oxygens (including phenoxy) is 1. The summed E-state index contributed by atoms with van der Waals surface area (Å²) in [7, 11) is 0. The molecule has 3 saturated heterocycles. The van der Waals surface area contributed by atoms with Gasteiger partial charge in [-0.15, -0.1) is 0 Å². The predicted molar refractivity (Wildman–Crippen MR) is 118 cm³/mol. The van der Waals surface area contributed by atoms with E-state index < -0.39 is 5.82 Å². The van der Waals surface area contributed by atoms with Crippen molar-refractivity contribution < 1.29 is 13.9 Å². The molecule has 4 aliphatic rings. The van der Waals surface area contributed by atoms with E-state index >= 15 is 0 Å². The molecule has 4 atom stereocenters. The van der Waals surface area contributed by atoms with E-state index in [1.807, 2.05) is 13.0 Å². The van der Waals surface area contributed by atoms with Crippen LogP contribution in [0.3, 0.4) is 0 Å². The molecule has 0 saturated carbocycles. The Bertz CT molecular complexity index is 1040. The number of anilines is 1. The number of aryl methyl sites for hydroxylation is 1. The highest BCUT2D eigenvalue weighted by molar-refractivity contribution is 5.94. The molecular formula is C24H28FN5O2. The van der Waals surface area contributed by atoms with Gasteiger partial charge in [0.05, 0.1) is 31.0 Å². The zero-order chi connectivity index (χ0) is 21.8. The smallest absolute Gasteiger partial charge is 0.243 e. The number of nitrogens with one attached hydrogen (secondary N) is 3. The lowest BCUT2D eigenvalue weighted by atomic mass is 9.88. The van der Waals surface area contributed by atoms with Gasteiger partial charge in [0, 0.05) is 31.6 Å². The minimum atomic E-state index is -0.395. The first-order chi connectivity index (χ1) is 15.6. The van der Waals surface area contributed by atoms with Crippen molar-refractivity contribution in [3.05, 3.63) is 64.5 Å². The van der Waals surface area contributed by atoms with Gasteiger partial charge in [-0.25, -0.2) is 20.3 Å². The third-order valence-corrected chi connectivity index (χ3v) is 7.32. The van der Waals surface area contributed by atoms with Gasteiger partial charge >= 0.3 is 0 Å². The molecule has 1 amide bonds. The van der Waals surface area contributed by atoms with Crippen LogP contribution in [0, 0.1) is 12.7 Å². The Labute approximate surface area is 186 Å². The lowest BCUT2D eigenvalue weighted by Crippen LogP contribution is -2.60. The SMILES string of the molecule is Cc1cccc(F)c1N1NC2C(CC1=O)NNC2c1ccc2c(c1)CN1CCOC[C@@H]1C2. The van der Waals surface area contributed by atoms with Gasteiger partial charge in [-0.3, -0.25) is 15.1 Å². The van der Waals surface area contributed by atoms with Crippen LogP contribution in [0.5, 0.6) is 0 Å². The summed E-state index contributed by atoms with van der Waals surface area (Å²) >= 11 is 0. The molecule has 4 heterocycles. The Kier molecular flexibility index (Phi) is 5.00. The molecule has 0 radical (unpaired) electrons. The lowest BCUT2D eigenvalue weighted by Gasteiger charge is -2.40. The maximum atomic E-state index is 14.6. The van der Waals surface area contributed by atoms with Gasteiger partial charge in [-0.05, 0) is 41.7 Å². The van der Waals surface area contributed by atoms with Gasteiger partial charge in [0.15, 0.2) is 0 Å². The quantitative estimate of drug-likeness (QED) is 0.665. The van der Waals surface area contributed by atoms with Gasteiger partial charge in [-0.1, -0.05) is 30.3 Å². The van der Waals surface area contributed by atoms with Gasteiger partial charge in [0.2, 0.25) is 5.91 Å². The Morgan fingerprint density at radius 2 is 2.03 bits per heavy atom. The van der Waals surface area contributed by atoms with E-state index in [0.717, 1.165) is 38.3 Å². The second-order valence-corrected chi connectivity index (χ2v) is 9.30. The molecular weight excluding hydrogens is 409 g/mol. The Hall–Kier alpha value is -2.36. The summed E-state index contributed by atoms with van der Waals surface area (Å²) in [6.45, 7) is 5.35. The average Bonchev–Trinajstić information content (AvgIpc) is 3.20. The minimum Gasteiger partial charge on any atom is -0.378 e. The highest BCUT2D eigenvalue weighted by atomic mass is 19.1. The summed E-state index contributed by atoms with van der Waals surface area (Å²) in [6.07, 6.45) is 1.32. The molecule has 2 aromatic rings. The number of amides is 1.